The molecule has 3 heterocycles. The molecule has 0 bridgehead atoms. The fourth-order valence-corrected chi connectivity index (χ4v) is 5.40. The number of nitrogens with zero attached hydrogens (tertiary/aromatic N) is 4. The van der Waals surface area contributed by atoms with Gasteiger partial charge in [0.1, 0.15) is 29.3 Å². The van der Waals surface area contributed by atoms with Gasteiger partial charge in [-0.2, -0.15) is 5.26 Å². The lowest BCUT2D eigenvalue weighted by Crippen LogP contribution is -2.36. The Morgan fingerprint density at radius 2 is 2.14 bits per heavy atom. The van der Waals surface area contributed by atoms with Gasteiger partial charge in [-0.3, -0.25) is 4.79 Å². The molecule has 1 aromatic carbocycles. The molecule has 1 aliphatic rings. The summed E-state index contributed by atoms with van der Waals surface area (Å²) in [5.41, 5.74) is 2.36. The molecule has 2 aromatic heterocycles. The third-order valence-electron chi connectivity index (χ3n) is 6.06. The third kappa shape index (κ3) is 5.86. The first-order chi connectivity index (χ1) is 17.5. The van der Waals surface area contributed by atoms with Gasteiger partial charge in [0.25, 0.3) is 0 Å². The molecule has 0 atom stereocenters. The van der Waals surface area contributed by atoms with Crippen LogP contribution in [-0.2, 0) is 35.5 Å². The third-order valence-corrected chi connectivity index (χ3v) is 7.19. The predicted octanol–water partition coefficient (Wildman–Crippen LogP) is 4.29. The second kappa shape index (κ2) is 11.7. The number of carbonyl (C=O) groups is 2. The molecule has 0 radical (unpaired) electrons. The normalized spacial score (nSPS) is 12.5. The van der Waals surface area contributed by atoms with Crippen LogP contribution in [0.5, 0.6) is 5.75 Å². The number of amides is 2. The molecule has 36 heavy (non-hydrogen) atoms. The monoisotopic (exact) mass is 507 g/mol. The van der Waals surface area contributed by atoms with Gasteiger partial charge in [-0.1, -0.05) is 18.2 Å². The number of imidazole rings is 1. The van der Waals surface area contributed by atoms with Crippen molar-refractivity contribution in [3.8, 4) is 11.8 Å². The van der Waals surface area contributed by atoms with E-state index in [1.165, 1.54) is 11.3 Å². The van der Waals surface area contributed by atoms with Crippen LogP contribution in [0.3, 0.4) is 0 Å². The highest BCUT2D eigenvalue weighted by Crippen LogP contribution is 2.37. The van der Waals surface area contributed by atoms with Crippen molar-refractivity contribution in [1.29, 1.82) is 5.26 Å². The van der Waals surface area contributed by atoms with Gasteiger partial charge in [-0.15, -0.1) is 11.3 Å². The van der Waals surface area contributed by atoms with E-state index in [0.29, 0.717) is 49.6 Å². The number of carbonyl (C=O) groups excluding carboxylic acids is 2. The highest BCUT2D eigenvalue weighted by Gasteiger charge is 2.28. The summed E-state index contributed by atoms with van der Waals surface area (Å²) >= 11 is 1.35. The van der Waals surface area contributed by atoms with Gasteiger partial charge in [-0.05, 0) is 43.9 Å². The predicted molar refractivity (Wildman–Crippen MR) is 136 cm³/mol. The zero-order valence-electron chi connectivity index (χ0n) is 20.5. The van der Waals surface area contributed by atoms with Crippen LogP contribution in [0.15, 0.2) is 36.7 Å². The van der Waals surface area contributed by atoms with Gasteiger partial charge in [0.15, 0.2) is 0 Å². The number of fused-ring (bicyclic) bond motifs is 1. The maximum atomic E-state index is 12.7. The maximum Gasteiger partial charge on any atom is 0.410 e. The summed E-state index contributed by atoms with van der Waals surface area (Å²) in [6.07, 6.45) is 4.52. The second-order valence-electron chi connectivity index (χ2n) is 8.36. The van der Waals surface area contributed by atoms with Gasteiger partial charge in [0.05, 0.1) is 25.3 Å². The number of hydrogen-bond acceptors (Lipinski definition) is 7. The first kappa shape index (κ1) is 25.3. The topological polar surface area (TPSA) is 109 Å². The molecule has 0 saturated heterocycles. The average Bonchev–Trinajstić information content (AvgIpc) is 3.45. The van der Waals surface area contributed by atoms with Crippen molar-refractivity contribution in [3.05, 3.63) is 64.1 Å². The number of para-hydroxylation sites is 1. The van der Waals surface area contributed by atoms with E-state index in [2.05, 4.69) is 16.4 Å². The Morgan fingerprint density at radius 1 is 1.31 bits per heavy atom. The highest BCUT2D eigenvalue weighted by atomic mass is 32.1. The molecular weight excluding hydrogens is 478 g/mol. The van der Waals surface area contributed by atoms with Gasteiger partial charge < -0.3 is 24.3 Å². The molecule has 10 heteroatoms. The molecular formula is C26H29N5O4S. The van der Waals surface area contributed by atoms with Crippen molar-refractivity contribution in [2.75, 3.05) is 25.1 Å². The first-order valence-electron chi connectivity index (χ1n) is 11.9. The van der Waals surface area contributed by atoms with Crippen LogP contribution in [0.2, 0.25) is 0 Å². The van der Waals surface area contributed by atoms with E-state index in [1.807, 2.05) is 48.9 Å². The molecule has 2 amide bonds. The number of aryl methyl sites for hydroxylation is 2. The standard InChI is InChI=1S/C26H29N5O4S/c1-3-34-22-7-5-4-6-19(22)8-9-24(32)29-25-21(16-27)20-10-12-31(17-23(20)36-25)26(33)35-15-14-30-13-11-28-18(30)2/h4-7,11,13H,3,8-10,12,14-15,17H2,1-2H3,(H,29,32). The molecule has 0 fully saturated rings. The molecule has 1 N–H and O–H groups in total. The molecule has 1 aliphatic heterocycles. The number of benzene rings is 1. The summed E-state index contributed by atoms with van der Waals surface area (Å²) in [5.74, 6) is 1.48. The first-order valence-corrected chi connectivity index (χ1v) is 12.8. The van der Waals surface area contributed by atoms with Crippen molar-refractivity contribution in [2.24, 2.45) is 0 Å². The van der Waals surface area contributed by atoms with E-state index in [-0.39, 0.29) is 25.0 Å². The Bertz CT molecular complexity index is 1280. The van der Waals surface area contributed by atoms with Crippen LogP contribution in [0.25, 0.3) is 0 Å². The van der Waals surface area contributed by atoms with Gasteiger partial charge in [0, 0.05) is 30.2 Å². The van der Waals surface area contributed by atoms with Crippen LogP contribution < -0.4 is 10.1 Å². The lowest BCUT2D eigenvalue weighted by molar-refractivity contribution is -0.116. The molecule has 3 aromatic rings. The summed E-state index contributed by atoms with van der Waals surface area (Å²) < 4.78 is 13.0. The number of hydrogen-bond donors (Lipinski definition) is 1. The fraction of sp³-hybridized carbons (Fsp3) is 0.385. The van der Waals surface area contributed by atoms with Crippen LogP contribution >= 0.6 is 11.3 Å². The minimum atomic E-state index is -0.385. The maximum absolute atomic E-state index is 12.7. The highest BCUT2D eigenvalue weighted by molar-refractivity contribution is 7.16. The number of thiophene rings is 1. The summed E-state index contributed by atoms with van der Waals surface area (Å²) in [6.45, 7) is 5.99. The second-order valence-corrected chi connectivity index (χ2v) is 9.47. The molecule has 0 aliphatic carbocycles. The molecule has 0 spiro atoms. The Kier molecular flexibility index (Phi) is 8.23. The van der Waals surface area contributed by atoms with E-state index < -0.39 is 0 Å². The Labute approximate surface area is 214 Å². The fourth-order valence-electron chi connectivity index (χ4n) is 4.17. The lowest BCUT2D eigenvalue weighted by Gasteiger charge is -2.26. The Balaban J connectivity index is 1.34. The number of rotatable bonds is 9. The van der Waals surface area contributed by atoms with E-state index in [0.717, 1.165) is 27.6 Å². The van der Waals surface area contributed by atoms with Crippen molar-refractivity contribution in [1.82, 2.24) is 14.5 Å². The summed E-state index contributed by atoms with van der Waals surface area (Å²) in [5, 5.41) is 13.2. The Hall–Kier alpha value is -3.84. The van der Waals surface area contributed by atoms with Crippen molar-refractivity contribution >= 4 is 28.3 Å². The smallest absolute Gasteiger partial charge is 0.410 e. The zero-order valence-corrected chi connectivity index (χ0v) is 21.3. The van der Waals surface area contributed by atoms with Crippen LogP contribution in [0.1, 0.15) is 40.7 Å². The van der Waals surface area contributed by atoms with Crippen LogP contribution in [-0.4, -0.2) is 46.2 Å². The SMILES string of the molecule is CCOc1ccccc1CCC(=O)Nc1sc2c(c1C#N)CCN(C(=O)OCCn1ccnc1C)C2. The molecule has 188 valence electrons. The summed E-state index contributed by atoms with van der Waals surface area (Å²) in [7, 11) is 0. The number of nitriles is 1. The average molecular weight is 508 g/mol. The molecule has 9 nitrogen and oxygen atoms in total. The Morgan fingerprint density at radius 3 is 2.89 bits per heavy atom. The van der Waals surface area contributed by atoms with Crippen LogP contribution in [0.4, 0.5) is 9.80 Å². The number of nitrogens with one attached hydrogen (secondary N) is 1. The summed E-state index contributed by atoms with van der Waals surface area (Å²) in [4.78, 5) is 32.0. The minimum absolute atomic E-state index is 0.164. The van der Waals surface area contributed by atoms with E-state index in [4.69, 9.17) is 9.47 Å². The van der Waals surface area contributed by atoms with Crippen LogP contribution in [0, 0.1) is 18.3 Å². The van der Waals surface area contributed by atoms with Gasteiger partial charge >= 0.3 is 6.09 Å². The van der Waals surface area contributed by atoms with E-state index in [1.54, 1.807) is 11.1 Å². The molecule has 4 rings (SSSR count). The van der Waals surface area contributed by atoms with Crippen molar-refractivity contribution in [2.45, 2.75) is 46.2 Å². The summed E-state index contributed by atoms with van der Waals surface area (Å²) in [6, 6.07) is 9.92. The van der Waals surface area contributed by atoms with E-state index in [9.17, 15) is 14.9 Å². The molecule has 0 saturated carbocycles. The van der Waals surface area contributed by atoms with Crippen molar-refractivity contribution in [3.63, 3.8) is 0 Å². The number of aromatic nitrogens is 2. The quantitative estimate of drug-likeness (QED) is 0.463. The lowest BCUT2D eigenvalue weighted by atomic mass is 10.0. The minimum Gasteiger partial charge on any atom is -0.494 e. The number of ether oxygens (including phenoxy) is 2. The zero-order chi connectivity index (χ0) is 25.5. The number of anilines is 1. The molecule has 0 unspecified atom stereocenters. The van der Waals surface area contributed by atoms with Gasteiger partial charge in [0.2, 0.25) is 5.91 Å². The van der Waals surface area contributed by atoms with Gasteiger partial charge in [-0.25, -0.2) is 9.78 Å². The van der Waals surface area contributed by atoms with Crippen molar-refractivity contribution < 1.29 is 19.1 Å². The van der Waals surface area contributed by atoms with E-state index >= 15 is 0 Å². The largest absolute Gasteiger partial charge is 0.494 e.